The highest BCUT2D eigenvalue weighted by Gasteiger charge is 2.25. The summed E-state index contributed by atoms with van der Waals surface area (Å²) in [5.74, 6) is -0.280. The largest absolute Gasteiger partial charge is 0.307 e. The van der Waals surface area contributed by atoms with E-state index in [1.807, 2.05) is 12.1 Å². The number of thiophene rings is 1. The Morgan fingerprint density at radius 1 is 1.12 bits per heavy atom. The Labute approximate surface area is 197 Å². The van der Waals surface area contributed by atoms with E-state index >= 15 is 0 Å². The van der Waals surface area contributed by atoms with Gasteiger partial charge in [0.1, 0.15) is 15.7 Å². The van der Waals surface area contributed by atoms with Crippen molar-refractivity contribution in [3.05, 3.63) is 92.0 Å². The topological polar surface area (TPSA) is 59.8 Å². The van der Waals surface area contributed by atoms with Crippen LogP contribution in [0.25, 0.3) is 20.4 Å². The summed E-state index contributed by atoms with van der Waals surface area (Å²) in [6, 6.07) is 14.8. The van der Waals surface area contributed by atoms with Gasteiger partial charge in [-0.15, -0.1) is 22.7 Å². The molecule has 6 rings (SSSR count). The third-order valence-corrected chi connectivity index (χ3v) is 8.38. The average molecular weight is 477 g/mol. The number of hydrogen-bond acceptors (Lipinski definition) is 6. The van der Waals surface area contributed by atoms with Gasteiger partial charge in [-0.3, -0.25) is 9.36 Å². The van der Waals surface area contributed by atoms with Gasteiger partial charge in [-0.1, -0.05) is 24.3 Å². The van der Waals surface area contributed by atoms with E-state index in [0.717, 1.165) is 57.7 Å². The number of hydrogen-bond donors (Lipinski definition) is 1. The summed E-state index contributed by atoms with van der Waals surface area (Å²) in [6.45, 7) is 1.14. The molecule has 2 aromatic carbocycles. The lowest BCUT2D eigenvalue weighted by Gasteiger charge is -2.23. The van der Waals surface area contributed by atoms with Crippen molar-refractivity contribution < 1.29 is 4.39 Å². The van der Waals surface area contributed by atoms with Gasteiger partial charge < -0.3 is 5.32 Å². The second-order valence-corrected chi connectivity index (χ2v) is 10.6. The Balaban J connectivity index is 1.21. The lowest BCUT2D eigenvalue weighted by molar-refractivity contribution is 0.462. The molecule has 1 aliphatic carbocycles. The molecular weight excluding hydrogens is 455 g/mol. The third kappa shape index (κ3) is 3.99. The third-order valence-electron chi connectivity index (χ3n) is 6.18. The molecule has 0 bridgehead atoms. The van der Waals surface area contributed by atoms with Gasteiger partial charge >= 0.3 is 0 Å². The molecule has 33 heavy (non-hydrogen) atoms. The van der Waals surface area contributed by atoms with Crippen molar-refractivity contribution in [3.63, 3.8) is 0 Å². The van der Waals surface area contributed by atoms with Crippen LogP contribution in [0.1, 0.15) is 27.4 Å². The number of benzene rings is 2. The first-order valence-electron chi connectivity index (χ1n) is 11.0. The van der Waals surface area contributed by atoms with Gasteiger partial charge in [0.25, 0.3) is 5.56 Å². The average Bonchev–Trinajstić information content (AvgIpc) is 3.41. The van der Waals surface area contributed by atoms with E-state index in [9.17, 15) is 9.18 Å². The van der Waals surface area contributed by atoms with E-state index in [4.69, 9.17) is 4.98 Å². The van der Waals surface area contributed by atoms with Gasteiger partial charge in [-0.2, -0.15) is 0 Å². The molecule has 3 heterocycles. The number of nitrogens with zero attached hydrogens (tertiary/aromatic N) is 3. The SMILES string of the molecule is O=c1c2c3c(sc2ncn1Cc1ccc(F)cc1)C[C@@H](NCc1nc2ccccc2s1)CC3. The minimum atomic E-state index is -0.280. The first-order valence-corrected chi connectivity index (χ1v) is 12.6. The Bertz CT molecular complexity index is 1490. The van der Waals surface area contributed by atoms with Crippen LogP contribution in [0, 0.1) is 5.82 Å². The van der Waals surface area contributed by atoms with Crippen LogP contribution in [0.5, 0.6) is 0 Å². The van der Waals surface area contributed by atoms with Crippen molar-refractivity contribution >= 4 is 43.1 Å². The Morgan fingerprint density at radius 3 is 2.82 bits per heavy atom. The summed E-state index contributed by atoms with van der Waals surface area (Å²) in [5.41, 5.74) is 3.07. The number of aromatic nitrogens is 3. The summed E-state index contributed by atoms with van der Waals surface area (Å²) in [4.78, 5) is 24.6. The normalized spacial score (nSPS) is 15.8. The molecular formula is C25H21FN4OS2. The number of nitrogens with one attached hydrogen (secondary N) is 1. The summed E-state index contributed by atoms with van der Waals surface area (Å²) >= 11 is 3.37. The first kappa shape index (κ1) is 20.7. The maximum absolute atomic E-state index is 13.2. The van der Waals surface area contributed by atoms with Crippen LogP contribution in [-0.2, 0) is 25.9 Å². The monoisotopic (exact) mass is 476 g/mol. The van der Waals surface area contributed by atoms with E-state index < -0.39 is 0 Å². The smallest absolute Gasteiger partial charge is 0.262 e. The van der Waals surface area contributed by atoms with Crippen LogP contribution >= 0.6 is 22.7 Å². The van der Waals surface area contributed by atoms with Gasteiger partial charge in [0.05, 0.1) is 28.5 Å². The summed E-state index contributed by atoms with van der Waals surface area (Å²) < 4.78 is 16.0. The lowest BCUT2D eigenvalue weighted by atomic mass is 9.93. The van der Waals surface area contributed by atoms with Crippen molar-refractivity contribution in [2.75, 3.05) is 0 Å². The molecule has 1 N–H and O–H groups in total. The van der Waals surface area contributed by atoms with E-state index in [1.165, 1.54) is 21.7 Å². The van der Waals surface area contributed by atoms with E-state index in [-0.39, 0.29) is 11.4 Å². The molecule has 1 atom stereocenters. The highest BCUT2D eigenvalue weighted by Crippen LogP contribution is 2.34. The number of aryl methyl sites for hydroxylation is 1. The maximum Gasteiger partial charge on any atom is 0.262 e. The molecule has 0 radical (unpaired) electrons. The second kappa shape index (κ2) is 8.44. The molecule has 0 saturated heterocycles. The van der Waals surface area contributed by atoms with E-state index in [0.29, 0.717) is 12.6 Å². The Hall–Kier alpha value is -2.94. The number of halogens is 1. The zero-order valence-electron chi connectivity index (χ0n) is 17.8. The maximum atomic E-state index is 13.2. The standard InChI is InChI=1S/C25H21FN4OS2/c26-16-7-5-15(6-8-16)13-30-14-28-24-23(25(30)31)18-10-9-17(11-21(18)33-24)27-12-22-29-19-3-1-2-4-20(19)32-22/h1-8,14,17,27H,9-13H2/t17-/m0/s1. The molecule has 5 aromatic rings. The highest BCUT2D eigenvalue weighted by atomic mass is 32.1. The minimum Gasteiger partial charge on any atom is -0.307 e. The van der Waals surface area contributed by atoms with E-state index in [1.54, 1.807) is 45.7 Å². The molecule has 5 nitrogen and oxygen atoms in total. The van der Waals surface area contributed by atoms with Crippen LogP contribution in [0.15, 0.2) is 59.7 Å². The Kier molecular flexibility index (Phi) is 5.28. The van der Waals surface area contributed by atoms with Gasteiger partial charge in [0, 0.05) is 17.5 Å². The fraction of sp³-hybridized carbons (Fsp3) is 0.240. The quantitative estimate of drug-likeness (QED) is 0.392. The molecule has 0 saturated carbocycles. The fourth-order valence-corrected chi connectivity index (χ4v) is 6.68. The number of thiazole rings is 1. The molecule has 8 heteroatoms. The molecule has 0 spiro atoms. The lowest BCUT2D eigenvalue weighted by Crippen LogP contribution is -2.33. The van der Waals surface area contributed by atoms with Gasteiger partial charge in [0.2, 0.25) is 0 Å². The molecule has 0 aliphatic heterocycles. The van der Waals surface area contributed by atoms with Gasteiger partial charge in [-0.25, -0.2) is 14.4 Å². The Morgan fingerprint density at radius 2 is 1.97 bits per heavy atom. The van der Waals surface area contributed by atoms with Gasteiger partial charge in [0.15, 0.2) is 0 Å². The van der Waals surface area contributed by atoms with Crippen LogP contribution < -0.4 is 10.9 Å². The van der Waals surface area contributed by atoms with Crippen LogP contribution in [-0.4, -0.2) is 20.6 Å². The summed E-state index contributed by atoms with van der Waals surface area (Å²) in [5, 5.41) is 5.52. The molecule has 0 unspecified atom stereocenters. The van der Waals surface area contributed by atoms with Crippen LogP contribution in [0.3, 0.4) is 0 Å². The fourth-order valence-electron chi connectivity index (χ4n) is 4.50. The first-order chi connectivity index (χ1) is 16.1. The molecule has 0 fully saturated rings. The predicted molar refractivity (Wildman–Crippen MR) is 132 cm³/mol. The predicted octanol–water partition coefficient (Wildman–Crippen LogP) is 4.90. The van der Waals surface area contributed by atoms with Crippen molar-refractivity contribution in [1.82, 2.24) is 19.9 Å². The minimum absolute atomic E-state index is 0.0114. The van der Waals surface area contributed by atoms with E-state index in [2.05, 4.69) is 22.4 Å². The molecule has 166 valence electrons. The van der Waals surface area contributed by atoms with Crippen molar-refractivity contribution in [2.45, 2.75) is 38.4 Å². The molecule has 0 amide bonds. The molecule has 3 aromatic heterocycles. The zero-order valence-corrected chi connectivity index (χ0v) is 19.4. The summed E-state index contributed by atoms with van der Waals surface area (Å²) in [6.07, 6.45) is 4.36. The number of para-hydroxylation sites is 1. The second-order valence-electron chi connectivity index (χ2n) is 8.38. The molecule has 1 aliphatic rings. The number of rotatable bonds is 5. The van der Waals surface area contributed by atoms with Gasteiger partial charge in [-0.05, 0) is 54.7 Å². The van der Waals surface area contributed by atoms with Crippen LogP contribution in [0.2, 0.25) is 0 Å². The number of fused-ring (bicyclic) bond motifs is 4. The van der Waals surface area contributed by atoms with Crippen molar-refractivity contribution in [1.29, 1.82) is 0 Å². The highest BCUT2D eigenvalue weighted by molar-refractivity contribution is 7.19. The van der Waals surface area contributed by atoms with Crippen LogP contribution in [0.4, 0.5) is 4.39 Å². The summed E-state index contributed by atoms with van der Waals surface area (Å²) in [7, 11) is 0. The zero-order chi connectivity index (χ0) is 22.4. The van der Waals surface area contributed by atoms with Crippen molar-refractivity contribution in [3.8, 4) is 0 Å². The van der Waals surface area contributed by atoms with Crippen molar-refractivity contribution in [2.24, 2.45) is 0 Å².